The second-order valence-electron chi connectivity index (χ2n) is 4.48. The largest absolute Gasteiger partial charge is 0.481 e. The molecule has 0 saturated carbocycles. The molecule has 2 heterocycles. The van der Waals surface area contributed by atoms with Crippen molar-refractivity contribution in [3.63, 3.8) is 0 Å². The molecule has 0 bridgehead atoms. The van der Waals surface area contributed by atoms with Gasteiger partial charge in [-0.15, -0.1) is 0 Å². The van der Waals surface area contributed by atoms with Crippen LogP contribution in [0.1, 0.15) is 19.8 Å². The monoisotopic (exact) mass is 227 g/mol. The number of rotatable bonds is 4. The van der Waals surface area contributed by atoms with Crippen LogP contribution >= 0.6 is 0 Å². The highest BCUT2D eigenvalue weighted by Gasteiger charge is 2.44. The van der Waals surface area contributed by atoms with Crippen molar-refractivity contribution in [2.75, 3.05) is 13.1 Å². The summed E-state index contributed by atoms with van der Waals surface area (Å²) < 4.78 is 0. The minimum absolute atomic E-state index is 0.0907. The first kappa shape index (κ1) is 11.2. The van der Waals surface area contributed by atoms with Crippen LogP contribution < -0.4 is 10.6 Å². The average Bonchev–Trinajstić information content (AvgIpc) is 2.67. The Balaban J connectivity index is 1.81. The molecule has 16 heavy (non-hydrogen) atoms. The van der Waals surface area contributed by atoms with Crippen LogP contribution in [0.2, 0.25) is 0 Å². The van der Waals surface area contributed by atoms with Crippen molar-refractivity contribution in [3.8, 4) is 0 Å². The van der Waals surface area contributed by atoms with Crippen molar-refractivity contribution < 1.29 is 14.7 Å². The van der Waals surface area contributed by atoms with Gasteiger partial charge in [0, 0.05) is 19.0 Å². The zero-order valence-electron chi connectivity index (χ0n) is 9.27. The molecule has 2 amide bonds. The lowest BCUT2D eigenvalue weighted by molar-refractivity contribution is -0.137. The average molecular weight is 227 g/mol. The minimum Gasteiger partial charge on any atom is -0.481 e. The molecular formula is C10H17N3O3. The third kappa shape index (κ3) is 2.11. The second-order valence-corrected chi connectivity index (χ2v) is 4.48. The molecule has 2 aliphatic rings. The summed E-state index contributed by atoms with van der Waals surface area (Å²) in [6.07, 6.45) is 0.866. The van der Waals surface area contributed by atoms with E-state index in [0.29, 0.717) is 6.42 Å². The molecular weight excluding hydrogens is 210 g/mol. The first-order valence-electron chi connectivity index (χ1n) is 5.61. The predicted octanol–water partition coefficient (Wildman–Crippen LogP) is -0.395. The summed E-state index contributed by atoms with van der Waals surface area (Å²) in [5, 5.41) is 14.3. The van der Waals surface area contributed by atoms with Crippen LogP contribution in [0.25, 0.3) is 0 Å². The van der Waals surface area contributed by atoms with E-state index in [1.165, 1.54) is 0 Å². The smallest absolute Gasteiger partial charge is 0.315 e. The molecule has 6 heteroatoms. The van der Waals surface area contributed by atoms with E-state index in [-0.39, 0.29) is 30.6 Å². The Labute approximate surface area is 94.0 Å². The third-order valence-electron chi connectivity index (χ3n) is 3.41. The highest BCUT2D eigenvalue weighted by molar-refractivity contribution is 5.77. The fourth-order valence-corrected chi connectivity index (χ4v) is 2.54. The molecule has 0 aromatic heterocycles. The third-order valence-corrected chi connectivity index (χ3v) is 3.41. The van der Waals surface area contributed by atoms with Gasteiger partial charge in [-0.2, -0.15) is 0 Å². The lowest BCUT2D eigenvalue weighted by Gasteiger charge is -2.23. The van der Waals surface area contributed by atoms with E-state index in [2.05, 4.69) is 22.5 Å². The van der Waals surface area contributed by atoms with E-state index < -0.39 is 5.97 Å². The van der Waals surface area contributed by atoms with Gasteiger partial charge < -0.3 is 15.7 Å². The summed E-state index contributed by atoms with van der Waals surface area (Å²) in [4.78, 5) is 23.7. The van der Waals surface area contributed by atoms with Crippen LogP contribution in [0.4, 0.5) is 4.79 Å². The van der Waals surface area contributed by atoms with E-state index in [0.717, 1.165) is 13.1 Å². The molecule has 0 aliphatic carbocycles. The van der Waals surface area contributed by atoms with Crippen molar-refractivity contribution in [2.24, 2.45) is 0 Å². The van der Waals surface area contributed by atoms with Gasteiger partial charge in [0.25, 0.3) is 0 Å². The van der Waals surface area contributed by atoms with Gasteiger partial charge in [-0.25, -0.2) is 4.79 Å². The number of hydrogen-bond donors (Lipinski definition) is 3. The van der Waals surface area contributed by atoms with Crippen LogP contribution in [0.3, 0.4) is 0 Å². The Morgan fingerprint density at radius 3 is 2.94 bits per heavy atom. The van der Waals surface area contributed by atoms with E-state index in [1.54, 1.807) is 0 Å². The van der Waals surface area contributed by atoms with E-state index >= 15 is 0 Å². The maximum absolute atomic E-state index is 11.1. The minimum atomic E-state index is -0.751. The number of nitrogens with zero attached hydrogens (tertiary/aromatic N) is 1. The van der Waals surface area contributed by atoms with Crippen molar-refractivity contribution in [3.05, 3.63) is 0 Å². The van der Waals surface area contributed by atoms with E-state index in [1.807, 2.05) is 0 Å². The molecule has 3 atom stereocenters. The fourth-order valence-electron chi connectivity index (χ4n) is 2.54. The van der Waals surface area contributed by atoms with Crippen molar-refractivity contribution in [1.82, 2.24) is 15.5 Å². The van der Waals surface area contributed by atoms with E-state index in [9.17, 15) is 9.59 Å². The zero-order valence-corrected chi connectivity index (χ0v) is 9.27. The van der Waals surface area contributed by atoms with Gasteiger partial charge in [-0.1, -0.05) is 0 Å². The number of amides is 2. The van der Waals surface area contributed by atoms with Crippen LogP contribution in [-0.2, 0) is 4.79 Å². The first-order chi connectivity index (χ1) is 7.58. The number of hydrogen-bond acceptors (Lipinski definition) is 3. The summed E-state index contributed by atoms with van der Waals surface area (Å²) in [6.45, 7) is 3.65. The Morgan fingerprint density at radius 1 is 1.56 bits per heavy atom. The van der Waals surface area contributed by atoms with Gasteiger partial charge in [-0.05, 0) is 19.9 Å². The standard InChI is InChI=1S/C10H17N3O3/c1-6-9-7(11-10(16)12-9)5-13(6)4-2-3-8(14)15/h6-7,9H,2-5H2,1H3,(H,14,15)(H2,11,12,16)/t6-,7+,9+/m0/s1. The van der Waals surface area contributed by atoms with Crippen LogP contribution in [-0.4, -0.2) is 53.2 Å². The zero-order chi connectivity index (χ0) is 11.7. The van der Waals surface area contributed by atoms with Gasteiger partial charge in [0.1, 0.15) is 0 Å². The number of urea groups is 1. The van der Waals surface area contributed by atoms with Crippen molar-refractivity contribution in [1.29, 1.82) is 0 Å². The molecule has 2 rings (SSSR count). The van der Waals surface area contributed by atoms with Gasteiger partial charge in [0.15, 0.2) is 0 Å². The number of aliphatic carboxylic acids is 1. The Hall–Kier alpha value is -1.30. The van der Waals surface area contributed by atoms with Crippen molar-refractivity contribution in [2.45, 2.75) is 37.9 Å². The highest BCUT2D eigenvalue weighted by Crippen LogP contribution is 2.21. The quantitative estimate of drug-likeness (QED) is 0.610. The first-order valence-corrected chi connectivity index (χ1v) is 5.61. The van der Waals surface area contributed by atoms with Gasteiger partial charge >= 0.3 is 12.0 Å². The number of nitrogens with one attached hydrogen (secondary N) is 2. The lowest BCUT2D eigenvalue weighted by Crippen LogP contribution is -2.41. The van der Waals surface area contributed by atoms with Crippen LogP contribution in [0, 0.1) is 0 Å². The predicted molar refractivity (Wildman–Crippen MR) is 57.1 cm³/mol. The fraction of sp³-hybridized carbons (Fsp3) is 0.800. The number of carbonyl (C=O) groups excluding carboxylic acids is 1. The molecule has 0 aromatic carbocycles. The maximum atomic E-state index is 11.1. The number of likely N-dealkylation sites (tertiary alicyclic amines) is 1. The Morgan fingerprint density at radius 2 is 2.31 bits per heavy atom. The summed E-state index contributed by atoms with van der Waals surface area (Å²) in [5.74, 6) is -0.751. The summed E-state index contributed by atoms with van der Waals surface area (Å²) >= 11 is 0. The molecule has 0 aromatic rings. The normalized spacial score (nSPS) is 33.3. The molecule has 90 valence electrons. The molecule has 6 nitrogen and oxygen atoms in total. The topological polar surface area (TPSA) is 81.7 Å². The van der Waals surface area contributed by atoms with Crippen molar-refractivity contribution >= 4 is 12.0 Å². The molecule has 0 spiro atoms. The Kier molecular flexibility index (Phi) is 3.00. The van der Waals surface area contributed by atoms with E-state index in [4.69, 9.17) is 5.11 Å². The molecule has 2 saturated heterocycles. The molecule has 2 aliphatic heterocycles. The Bertz CT molecular complexity index is 308. The second kappa shape index (κ2) is 4.29. The SMILES string of the molecule is C[C@H]1[C@H]2NC(=O)N[C@@H]2CN1CCCC(=O)O. The number of carbonyl (C=O) groups is 2. The highest BCUT2D eigenvalue weighted by atomic mass is 16.4. The summed E-state index contributed by atoms with van der Waals surface area (Å²) in [6, 6.07) is 0.523. The van der Waals surface area contributed by atoms with Crippen LogP contribution in [0.15, 0.2) is 0 Å². The molecule has 0 unspecified atom stereocenters. The molecule has 2 fully saturated rings. The maximum Gasteiger partial charge on any atom is 0.315 e. The lowest BCUT2D eigenvalue weighted by atomic mass is 10.1. The van der Waals surface area contributed by atoms with Crippen LogP contribution in [0.5, 0.6) is 0 Å². The summed E-state index contributed by atoms with van der Waals surface area (Å²) in [5.41, 5.74) is 0. The number of carboxylic acid groups (broad SMARTS) is 1. The van der Waals surface area contributed by atoms with Gasteiger partial charge in [-0.3, -0.25) is 9.69 Å². The van der Waals surface area contributed by atoms with Gasteiger partial charge in [0.05, 0.1) is 12.1 Å². The number of carboxylic acids is 1. The molecule has 0 radical (unpaired) electrons. The summed E-state index contributed by atoms with van der Waals surface area (Å²) in [7, 11) is 0. The number of fused-ring (bicyclic) bond motifs is 1. The van der Waals surface area contributed by atoms with Gasteiger partial charge in [0.2, 0.25) is 0 Å². The molecule has 3 N–H and O–H groups in total.